The number of rotatable bonds is 5. The van der Waals surface area contributed by atoms with Gasteiger partial charge in [-0.05, 0) is 25.5 Å². The van der Waals surface area contributed by atoms with Crippen LogP contribution in [0.2, 0.25) is 0 Å². The third-order valence-electron chi connectivity index (χ3n) is 4.76. The largest absolute Gasteiger partial charge is 0.383 e. The van der Waals surface area contributed by atoms with Crippen molar-refractivity contribution in [2.45, 2.75) is 25.4 Å². The third-order valence-corrected chi connectivity index (χ3v) is 4.76. The van der Waals surface area contributed by atoms with Crippen LogP contribution in [0, 0.1) is 0 Å². The van der Waals surface area contributed by atoms with E-state index in [-0.39, 0.29) is 0 Å². The molecule has 4 nitrogen and oxygen atoms in total. The van der Waals surface area contributed by atoms with E-state index in [0.717, 1.165) is 38.9 Å². The SMILES string of the molecule is CC(CNc1ccccc1)N1CCC(N2CCOCC2)C1. The van der Waals surface area contributed by atoms with E-state index >= 15 is 0 Å². The highest BCUT2D eigenvalue weighted by molar-refractivity contribution is 5.42. The molecule has 21 heavy (non-hydrogen) atoms. The number of morpholine rings is 1. The number of para-hydroxylation sites is 1. The zero-order valence-corrected chi connectivity index (χ0v) is 13.0. The van der Waals surface area contributed by atoms with Gasteiger partial charge in [-0.1, -0.05) is 18.2 Å². The van der Waals surface area contributed by atoms with Gasteiger partial charge in [0.2, 0.25) is 0 Å². The van der Waals surface area contributed by atoms with Gasteiger partial charge in [-0.25, -0.2) is 0 Å². The van der Waals surface area contributed by atoms with Crippen molar-refractivity contribution in [3.8, 4) is 0 Å². The first kappa shape index (κ1) is 14.8. The molecule has 1 N–H and O–H groups in total. The molecule has 116 valence electrons. The van der Waals surface area contributed by atoms with Crippen molar-refractivity contribution in [2.75, 3.05) is 51.3 Å². The highest BCUT2D eigenvalue weighted by atomic mass is 16.5. The molecular formula is C17H27N3O. The van der Waals surface area contributed by atoms with Crippen molar-refractivity contribution in [1.29, 1.82) is 0 Å². The standard InChI is InChI=1S/C17H27N3O/c1-15(13-18-16-5-3-2-4-6-16)20-8-7-17(14-20)19-9-11-21-12-10-19/h2-6,15,17-18H,7-14H2,1H3. The summed E-state index contributed by atoms with van der Waals surface area (Å²) < 4.78 is 5.46. The zero-order chi connectivity index (χ0) is 14.5. The Labute approximate surface area is 128 Å². The van der Waals surface area contributed by atoms with Gasteiger partial charge >= 0.3 is 0 Å². The molecule has 2 aliphatic rings. The summed E-state index contributed by atoms with van der Waals surface area (Å²) in [5.74, 6) is 0. The molecular weight excluding hydrogens is 262 g/mol. The van der Waals surface area contributed by atoms with Gasteiger partial charge in [0.1, 0.15) is 0 Å². The summed E-state index contributed by atoms with van der Waals surface area (Å²) in [6.45, 7) is 9.79. The predicted molar refractivity (Wildman–Crippen MR) is 86.8 cm³/mol. The highest BCUT2D eigenvalue weighted by Crippen LogP contribution is 2.19. The van der Waals surface area contributed by atoms with E-state index in [1.54, 1.807) is 0 Å². The lowest BCUT2D eigenvalue weighted by Gasteiger charge is -2.33. The van der Waals surface area contributed by atoms with Crippen LogP contribution in [0.25, 0.3) is 0 Å². The maximum absolute atomic E-state index is 5.46. The quantitative estimate of drug-likeness (QED) is 0.896. The molecule has 1 aromatic carbocycles. The van der Waals surface area contributed by atoms with Crippen LogP contribution >= 0.6 is 0 Å². The van der Waals surface area contributed by atoms with E-state index < -0.39 is 0 Å². The maximum Gasteiger partial charge on any atom is 0.0594 e. The molecule has 0 aromatic heterocycles. The van der Waals surface area contributed by atoms with E-state index in [0.29, 0.717) is 6.04 Å². The lowest BCUT2D eigenvalue weighted by molar-refractivity contribution is 0.0179. The Morgan fingerprint density at radius 3 is 2.71 bits per heavy atom. The van der Waals surface area contributed by atoms with Crippen molar-refractivity contribution in [3.63, 3.8) is 0 Å². The number of likely N-dealkylation sites (tertiary alicyclic amines) is 1. The Kier molecular flexibility index (Phi) is 5.12. The number of hydrogen-bond acceptors (Lipinski definition) is 4. The Bertz CT molecular complexity index is 419. The molecule has 0 radical (unpaired) electrons. The molecule has 2 aliphatic heterocycles. The van der Waals surface area contributed by atoms with Gasteiger partial charge in [0, 0.05) is 50.5 Å². The maximum atomic E-state index is 5.46. The number of ether oxygens (including phenoxy) is 1. The normalized spacial score (nSPS) is 25.9. The smallest absolute Gasteiger partial charge is 0.0594 e. The molecule has 0 amide bonds. The van der Waals surface area contributed by atoms with E-state index in [1.807, 2.05) is 0 Å². The minimum absolute atomic E-state index is 0.580. The second kappa shape index (κ2) is 7.25. The van der Waals surface area contributed by atoms with Gasteiger partial charge in [-0.15, -0.1) is 0 Å². The van der Waals surface area contributed by atoms with Crippen LogP contribution in [0.3, 0.4) is 0 Å². The fraction of sp³-hybridized carbons (Fsp3) is 0.647. The molecule has 0 spiro atoms. The van der Waals surface area contributed by atoms with Crippen LogP contribution in [-0.4, -0.2) is 67.8 Å². The Balaban J connectivity index is 1.44. The number of hydrogen-bond donors (Lipinski definition) is 1. The van der Waals surface area contributed by atoms with Crippen molar-refractivity contribution < 1.29 is 4.74 Å². The fourth-order valence-electron chi connectivity index (χ4n) is 3.36. The number of nitrogens with one attached hydrogen (secondary N) is 1. The molecule has 1 aromatic rings. The van der Waals surface area contributed by atoms with Crippen molar-refractivity contribution >= 4 is 5.69 Å². The van der Waals surface area contributed by atoms with Crippen molar-refractivity contribution in [2.24, 2.45) is 0 Å². The average Bonchev–Trinajstić information content (AvgIpc) is 3.04. The van der Waals surface area contributed by atoms with Crippen LogP contribution in [0.1, 0.15) is 13.3 Å². The zero-order valence-electron chi connectivity index (χ0n) is 13.0. The molecule has 0 aliphatic carbocycles. The Morgan fingerprint density at radius 2 is 1.95 bits per heavy atom. The van der Waals surface area contributed by atoms with Gasteiger partial charge < -0.3 is 10.1 Å². The predicted octanol–water partition coefficient (Wildman–Crippen LogP) is 1.89. The van der Waals surface area contributed by atoms with Gasteiger partial charge in [0.15, 0.2) is 0 Å². The third kappa shape index (κ3) is 3.96. The topological polar surface area (TPSA) is 27.7 Å². The summed E-state index contributed by atoms with van der Waals surface area (Å²) in [5, 5.41) is 3.54. The average molecular weight is 289 g/mol. The molecule has 2 unspecified atom stereocenters. The van der Waals surface area contributed by atoms with E-state index in [2.05, 4.69) is 52.4 Å². The Morgan fingerprint density at radius 1 is 1.19 bits per heavy atom. The van der Waals surface area contributed by atoms with E-state index in [1.165, 1.54) is 25.2 Å². The van der Waals surface area contributed by atoms with Crippen LogP contribution in [0.5, 0.6) is 0 Å². The summed E-state index contributed by atoms with van der Waals surface area (Å²) in [6.07, 6.45) is 1.30. The van der Waals surface area contributed by atoms with Crippen LogP contribution in [0.15, 0.2) is 30.3 Å². The first-order chi connectivity index (χ1) is 10.3. The summed E-state index contributed by atoms with van der Waals surface area (Å²) >= 11 is 0. The first-order valence-corrected chi connectivity index (χ1v) is 8.17. The van der Waals surface area contributed by atoms with Gasteiger partial charge in [0.25, 0.3) is 0 Å². The minimum atomic E-state index is 0.580. The van der Waals surface area contributed by atoms with Crippen LogP contribution in [-0.2, 0) is 4.74 Å². The summed E-state index contributed by atoms with van der Waals surface area (Å²) in [7, 11) is 0. The number of anilines is 1. The molecule has 4 heteroatoms. The van der Waals surface area contributed by atoms with Crippen LogP contribution < -0.4 is 5.32 Å². The molecule has 2 heterocycles. The van der Waals surface area contributed by atoms with Crippen molar-refractivity contribution in [1.82, 2.24) is 9.80 Å². The van der Waals surface area contributed by atoms with Crippen LogP contribution in [0.4, 0.5) is 5.69 Å². The molecule has 3 rings (SSSR count). The Hall–Kier alpha value is -1.10. The summed E-state index contributed by atoms with van der Waals surface area (Å²) in [5.41, 5.74) is 1.22. The van der Waals surface area contributed by atoms with Gasteiger partial charge in [-0.2, -0.15) is 0 Å². The van der Waals surface area contributed by atoms with E-state index in [4.69, 9.17) is 4.74 Å². The second-order valence-electron chi connectivity index (χ2n) is 6.18. The monoisotopic (exact) mass is 289 g/mol. The molecule has 0 bridgehead atoms. The molecule has 0 saturated carbocycles. The molecule has 2 saturated heterocycles. The first-order valence-electron chi connectivity index (χ1n) is 8.17. The molecule has 2 atom stereocenters. The van der Waals surface area contributed by atoms with Gasteiger partial charge in [-0.3, -0.25) is 9.80 Å². The van der Waals surface area contributed by atoms with E-state index in [9.17, 15) is 0 Å². The fourth-order valence-corrected chi connectivity index (χ4v) is 3.36. The minimum Gasteiger partial charge on any atom is -0.383 e. The lowest BCUT2D eigenvalue weighted by atomic mass is 10.2. The van der Waals surface area contributed by atoms with Gasteiger partial charge in [0.05, 0.1) is 13.2 Å². The summed E-state index contributed by atoms with van der Waals surface area (Å²) in [6, 6.07) is 11.8. The number of nitrogens with zero attached hydrogens (tertiary/aromatic N) is 2. The lowest BCUT2D eigenvalue weighted by Crippen LogP contribution is -2.46. The van der Waals surface area contributed by atoms with Crippen molar-refractivity contribution in [3.05, 3.63) is 30.3 Å². The summed E-state index contributed by atoms with van der Waals surface area (Å²) in [4.78, 5) is 5.23. The second-order valence-corrected chi connectivity index (χ2v) is 6.18. The number of benzene rings is 1. The highest BCUT2D eigenvalue weighted by Gasteiger charge is 2.30. The molecule has 2 fully saturated rings.